The van der Waals surface area contributed by atoms with Gasteiger partial charge in [0, 0.05) is 16.5 Å². The number of hydrogen-bond donors (Lipinski definition) is 0. The Morgan fingerprint density at radius 2 is 1.57 bits per heavy atom. The molecule has 30 heavy (non-hydrogen) atoms. The van der Waals surface area contributed by atoms with Crippen LogP contribution in [0.4, 0.5) is 0 Å². The van der Waals surface area contributed by atoms with Gasteiger partial charge in [0.05, 0.1) is 0 Å². The van der Waals surface area contributed by atoms with Crippen LogP contribution in [0.5, 0.6) is 0 Å². The number of carbonyl (C=O) groups is 1. The maximum atomic E-state index is 14.0. The van der Waals surface area contributed by atoms with Crippen molar-refractivity contribution in [2.24, 2.45) is 0 Å². The molecule has 0 N–H and O–H groups in total. The molecule has 0 aromatic heterocycles. The van der Waals surface area contributed by atoms with Gasteiger partial charge in [-0.1, -0.05) is 96.5 Å². The molecule has 0 aliphatic carbocycles. The van der Waals surface area contributed by atoms with Gasteiger partial charge in [0.2, 0.25) is 0 Å². The number of hydrogen-bond acceptors (Lipinski definition) is 3. The fraction of sp³-hybridized carbons (Fsp3) is 0.192. The molecule has 1 heterocycles. The summed E-state index contributed by atoms with van der Waals surface area (Å²) in [5, 5.41) is 0.595. The first kappa shape index (κ1) is 21.3. The zero-order chi connectivity index (χ0) is 20.8. The maximum absolute atomic E-state index is 14.0. The van der Waals surface area contributed by atoms with Crippen molar-refractivity contribution in [3.8, 4) is 0 Å². The molecule has 1 atom stereocenters. The summed E-state index contributed by atoms with van der Waals surface area (Å²) in [5.74, 6) is 2.04. The van der Waals surface area contributed by atoms with Crippen LogP contribution in [0.15, 0.2) is 91.0 Å². The molecule has 1 saturated heterocycles. The predicted molar refractivity (Wildman–Crippen MR) is 133 cm³/mol. The Morgan fingerprint density at radius 3 is 2.23 bits per heavy atom. The summed E-state index contributed by atoms with van der Waals surface area (Å²) in [6, 6.07) is 28.0. The van der Waals surface area contributed by atoms with Gasteiger partial charge in [0.25, 0.3) is 0 Å². The molecule has 0 radical (unpaired) electrons. The van der Waals surface area contributed by atoms with E-state index in [4.69, 9.17) is 11.6 Å². The molecule has 0 amide bonds. The predicted octanol–water partition coefficient (Wildman–Crippen LogP) is 7.59. The summed E-state index contributed by atoms with van der Waals surface area (Å²) >= 11 is 9.78. The summed E-state index contributed by atoms with van der Waals surface area (Å²) < 4.78 is -0.616. The lowest BCUT2D eigenvalue weighted by Crippen LogP contribution is -2.40. The van der Waals surface area contributed by atoms with E-state index in [-0.39, 0.29) is 11.7 Å². The lowest BCUT2D eigenvalue weighted by molar-refractivity contribution is 0.0973. The van der Waals surface area contributed by atoms with Crippen LogP contribution >= 0.6 is 35.1 Å². The third-order valence-electron chi connectivity index (χ3n) is 5.17. The van der Waals surface area contributed by atoms with Gasteiger partial charge < -0.3 is 0 Å². The lowest BCUT2D eigenvalue weighted by atomic mass is 9.89. The van der Waals surface area contributed by atoms with E-state index in [2.05, 4.69) is 48.6 Å². The summed E-state index contributed by atoms with van der Waals surface area (Å²) in [6.45, 7) is 0. The Morgan fingerprint density at radius 1 is 0.900 bits per heavy atom. The van der Waals surface area contributed by atoms with Gasteiger partial charge in [-0.15, -0.1) is 23.5 Å². The molecule has 4 rings (SSSR count). The Balaban J connectivity index is 1.81. The first-order valence-corrected chi connectivity index (χ1v) is 12.4. The number of rotatable bonds is 6. The maximum Gasteiger partial charge on any atom is 0.189 e. The zero-order valence-electron chi connectivity index (χ0n) is 16.5. The average molecular weight is 451 g/mol. The molecule has 0 bridgehead atoms. The number of Topliss-reactive ketones (excluding diaryl/α,β-unsaturated/α-hetero) is 1. The van der Waals surface area contributed by atoms with Crippen molar-refractivity contribution in [1.29, 1.82) is 0 Å². The first-order valence-electron chi connectivity index (χ1n) is 10.1. The van der Waals surface area contributed by atoms with Crippen LogP contribution in [0.2, 0.25) is 5.02 Å². The Hall–Kier alpha value is -1.94. The zero-order valence-corrected chi connectivity index (χ0v) is 18.9. The third-order valence-corrected chi connectivity index (χ3v) is 8.84. The molecule has 1 nitrogen and oxygen atoms in total. The van der Waals surface area contributed by atoms with E-state index < -0.39 is 4.08 Å². The quantitative estimate of drug-likeness (QED) is 0.360. The molecular formula is C26H23ClOS2. The fourth-order valence-electron chi connectivity index (χ4n) is 3.72. The summed E-state index contributed by atoms with van der Waals surface area (Å²) in [4.78, 5) is 14.0. The van der Waals surface area contributed by atoms with E-state index in [9.17, 15) is 4.79 Å². The highest BCUT2D eigenvalue weighted by Gasteiger charge is 2.47. The number of halogens is 1. The van der Waals surface area contributed by atoms with Gasteiger partial charge in [-0.2, -0.15) is 0 Å². The van der Waals surface area contributed by atoms with Crippen LogP contribution < -0.4 is 0 Å². The van der Waals surface area contributed by atoms with Gasteiger partial charge in [-0.25, -0.2) is 0 Å². The Bertz CT molecular complexity index is 1010. The van der Waals surface area contributed by atoms with Gasteiger partial charge in [0.15, 0.2) is 5.78 Å². The normalized spacial score (nSPS) is 17.0. The second kappa shape index (κ2) is 9.91. The highest BCUT2D eigenvalue weighted by atomic mass is 35.5. The van der Waals surface area contributed by atoms with Crippen molar-refractivity contribution in [3.63, 3.8) is 0 Å². The molecule has 152 valence electrons. The topological polar surface area (TPSA) is 17.1 Å². The fourth-order valence-corrected chi connectivity index (χ4v) is 7.40. The molecule has 1 aliphatic rings. The van der Waals surface area contributed by atoms with Gasteiger partial charge >= 0.3 is 0 Å². The molecule has 0 saturated carbocycles. The van der Waals surface area contributed by atoms with E-state index in [1.165, 1.54) is 0 Å². The van der Waals surface area contributed by atoms with E-state index in [0.29, 0.717) is 10.6 Å². The molecule has 1 aliphatic heterocycles. The first-order chi connectivity index (χ1) is 14.7. The second-order valence-corrected chi connectivity index (χ2v) is 10.6. The Kier molecular flexibility index (Phi) is 7.04. The molecule has 3 aromatic carbocycles. The highest BCUT2D eigenvalue weighted by Crippen LogP contribution is 2.54. The minimum atomic E-state index is -0.616. The van der Waals surface area contributed by atoms with Crippen LogP contribution in [0.3, 0.4) is 0 Å². The van der Waals surface area contributed by atoms with Crippen molar-refractivity contribution in [2.75, 3.05) is 11.5 Å². The second-order valence-electron chi connectivity index (χ2n) is 7.22. The summed E-state index contributed by atoms with van der Waals surface area (Å²) in [7, 11) is 0. The lowest BCUT2D eigenvalue weighted by Gasteiger charge is -2.40. The monoisotopic (exact) mass is 450 g/mol. The third kappa shape index (κ3) is 4.69. The van der Waals surface area contributed by atoms with E-state index in [1.54, 1.807) is 29.6 Å². The number of allylic oxidation sites excluding steroid dienone is 1. The van der Waals surface area contributed by atoms with Gasteiger partial charge in [-0.05, 0) is 41.2 Å². The molecule has 0 spiro atoms. The average Bonchev–Trinajstić information content (AvgIpc) is 2.81. The molecule has 4 heteroatoms. The largest absolute Gasteiger partial charge is 0.292 e. The van der Waals surface area contributed by atoms with E-state index >= 15 is 0 Å². The number of benzene rings is 3. The van der Waals surface area contributed by atoms with Crippen molar-refractivity contribution < 1.29 is 4.79 Å². The van der Waals surface area contributed by atoms with Gasteiger partial charge in [-0.3, -0.25) is 4.79 Å². The van der Waals surface area contributed by atoms with Crippen LogP contribution in [-0.2, 0) is 0 Å². The van der Waals surface area contributed by atoms with Crippen LogP contribution in [0.25, 0.3) is 6.08 Å². The minimum Gasteiger partial charge on any atom is -0.292 e. The summed E-state index contributed by atoms with van der Waals surface area (Å²) in [6.07, 6.45) is 5.46. The molecule has 1 fully saturated rings. The number of thioether (sulfide) groups is 2. The number of carbonyl (C=O) groups excluding carboxylic acids is 1. The van der Waals surface area contributed by atoms with E-state index in [1.807, 2.05) is 42.5 Å². The van der Waals surface area contributed by atoms with Crippen LogP contribution in [-0.4, -0.2) is 21.4 Å². The Labute approximate surface area is 191 Å². The van der Waals surface area contributed by atoms with Crippen molar-refractivity contribution in [1.82, 2.24) is 0 Å². The molecule has 3 aromatic rings. The van der Waals surface area contributed by atoms with Crippen molar-refractivity contribution in [2.45, 2.75) is 16.4 Å². The van der Waals surface area contributed by atoms with Gasteiger partial charge in [0.1, 0.15) is 4.08 Å². The SMILES string of the molecule is O=C(c1cccc(Cl)c1)C1([C@@H](/C=C/c2ccccc2)c2ccccc2)SCCCS1. The molecular weight excluding hydrogens is 428 g/mol. The smallest absolute Gasteiger partial charge is 0.189 e. The highest BCUT2D eigenvalue weighted by molar-refractivity contribution is 8.20. The number of ketones is 1. The van der Waals surface area contributed by atoms with Crippen molar-refractivity contribution >= 4 is 47.0 Å². The van der Waals surface area contributed by atoms with Crippen molar-refractivity contribution in [3.05, 3.63) is 113 Å². The standard InChI is InChI=1S/C26H23ClOS2/c27-23-14-7-13-22(19-23)25(28)26(29-17-8-18-30-26)24(21-11-5-2-6-12-21)16-15-20-9-3-1-4-10-20/h1-7,9-16,19,24H,8,17-18H2/b16-15+/t24-/m0/s1. The minimum absolute atomic E-state index is 0.0549. The van der Waals surface area contributed by atoms with E-state index in [0.717, 1.165) is 29.1 Å². The van der Waals surface area contributed by atoms with Crippen LogP contribution in [0, 0.1) is 0 Å². The molecule has 0 unspecified atom stereocenters. The van der Waals surface area contributed by atoms with Crippen LogP contribution in [0.1, 0.15) is 33.8 Å². The summed E-state index contributed by atoms with van der Waals surface area (Å²) in [5.41, 5.74) is 2.97.